The van der Waals surface area contributed by atoms with Gasteiger partial charge in [0.2, 0.25) is 5.91 Å². The summed E-state index contributed by atoms with van der Waals surface area (Å²) in [5.41, 5.74) is 2.21. The van der Waals surface area contributed by atoms with E-state index in [9.17, 15) is 9.59 Å². The average Bonchev–Trinajstić information content (AvgIpc) is 2.60. The van der Waals surface area contributed by atoms with Crippen molar-refractivity contribution in [2.75, 3.05) is 23.4 Å². The van der Waals surface area contributed by atoms with E-state index in [1.165, 1.54) is 12.1 Å². The molecule has 0 unspecified atom stereocenters. The van der Waals surface area contributed by atoms with Crippen molar-refractivity contribution >= 4 is 29.3 Å². The topological polar surface area (TPSA) is 75.6 Å². The van der Waals surface area contributed by atoms with Crippen LogP contribution in [-0.4, -0.2) is 35.1 Å². The number of anilines is 1. The number of hydrogen-bond acceptors (Lipinski definition) is 4. The molecule has 2 aromatic rings. The zero-order valence-corrected chi connectivity index (χ0v) is 14.8. The number of aryl methyl sites for hydroxylation is 1. The van der Waals surface area contributed by atoms with E-state index in [-0.39, 0.29) is 11.5 Å². The predicted octanol–water partition coefficient (Wildman–Crippen LogP) is 3.83. The van der Waals surface area contributed by atoms with E-state index in [0.717, 1.165) is 23.4 Å². The highest BCUT2D eigenvalue weighted by Gasteiger charge is 2.04. The van der Waals surface area contributed by atoms with Gasteiger partial charge in [0.05, 0.1) is 17.9 Å². The first kappa shape index (κ1) is 18.9. The smallest absolute Gasteiger partial charge is 0.335 e. The minimum Gasteiger partial charge on any atom is -0.494 e. The Hall–Kier alpha value is -2.47. The van der Waals surface area contributed by atoms with Gasteiger partial charge in [0, 0.05) is 5.69 Å². The number of benzene rings is 2. The summed E-state index contributed by atoms with van der Waals surface area (Å²) in [7, 11) is 0. The SMILES string of the molecule is Cc1ccc(NC(=O)CSCCCOc2ccc(C(=O)O)cc2)cc1. The van der Waals surface area contributed by atoms with Gasteiger partial charge in [-0.25, -0.2) is 4.79 Å². The van der Waals surface area contributed by atoms with Crippen LogP contribution in [0.3, 0.4) is 0 Å². The van der Waals surface area contributed by atoms with Gasteiger partial charge in [0.25, 0.3) is 0 Å². The summed E-state index contributed by atoms with van der Waals surface area (Å²) < 4.78 is 5.55. The molecule has 5 nitrogen and oxygen atoms in total. The molecule has 0 bridgehead atoms. The maximum atomic E-state index is 11.8. The van der Waals surface area contributed by atoms with Gasteiger partial charge in [-0.05, 0) is 55.5 Å². The van der Waals surface area contributed by atoms with Crippen LogP contribution in [0, 0.1) is 6.92 Å². The summed E-state index contributed by atoms with van der Waals surface area (Å²) in [4.78, 5) is 22.6. The number of ether oxygens (including phenoxy) is 1. The van der Waals surface area contributed by atoms with E-state index in [0.29, 0.717) is 18.1 Å². The quantitative estimate of drug-likeness (QED) is 0.666. The molecule has 132 valence electrons. The van der Waals surface area contributed by atoms with Gasteiger partial charge in [-0.1, -0.05) is 17.7 Å². The number of carboxylic acid groups (broad SMARTS) is 1. The van der Waals surface area contributed by atoms with Crippen LogP contribution in [0.2, 0.25) is 0 Å². The molecule has 0 aliphatic carbocycles. The van der Waals surface area contributed by atoms with Crippen molar-refractivity contribution in [3.05, 3.63) is 59.7 Å². The highest BCUT2D eigenvalue weighted by Crippen LogP contribution is 2.13. The van der Waals surface area contributed by atoms with Crippen molar-refractivity contribution in [3.63, 3.8) is 0 Å². The molecule has 2 N–H and O–H groups in total. The number of carbonyl (C=O) groups excluding carboxylic acids is 1. The fraction of sp³-hybridized carbons (Fsp3) is 0.263. The second kappa shape index (κ2) is 9.74. The Kier molecular flexibility index (Phi) is 7.35. The molecule has 0 saturated heterocycles. The van der Waals surface area contributed by atoms with Crippen LogP contribution >= 0.6 is 11.8 Å². The Balaban J connectivity index is 1.57. The van der Waals surface area contributed by atoms with Crippen molar-refractivity contribution in [3.8, 4) is 5.75 Å². The van der Waals surface area contributed by atoms with Crippen LogP contribution < -0.4 is 10.1 Å². The standard InChI is InChI=1S/C19H21NO4S/c1-14-3-7-16(8-4-14)20-18(21)13-25-12-2-11-24-17-9-5-15(6-10-17)19(22)23/h3-10H,2,11-13H2,1H3,(H,20,21)(H,22,23). The molecule has 1 amide bonds. The lowest BCUT2D eigenvalue weighted by Crippen LogP contribution is -2.14. The molecule has 0 spiro atoms. The molecule has 0 aliphatic heterocycles. The summed E-state index contributed by atoms with van der Waals surface area (Å²) in [6.07, 6.45) is 0.809. The van der Waals surface area contributed by atoms with Gasteiger partial charge in [0.1, 0.15) is 5.75 Å². The van der Waals surface area contributed by atoms with Crippen LogP contribution in [0.1, 0.15) is 22.3 Å². The molecule has 0 fully saturated rings. The van der Waals surface area contributed by atoms with Crippen LogP contribution in [0.5, 0.6) is 5.75 Å². The molecule has 0 heterocycles. The summed E-state index contributed by atoms with van der Waals surface area (Å²) in [5, 5.41) is 11.7. The highest BCUT2D eigenvalue weighted by atomic mass is 32.2. The third-order valence-corrected chi connectivity index (χ3v) is 4.42. The first-order valence-corrected chi connectivity index (χ1v) is 9.10. The summed E-state index contributed by atoms with van der Waals surface area (Å²) >= 11 is 1.56. The Morgan fingerprint density at radius 1 is 1.08 bits per heavy atom. The Labute approximate surface area is 151 Å². The number of carboxylic acids is 1. The highest BCUT2D eigenvalue weighted by molar-refractivity contribution is 7.99. The minimum atomic E-state index is -0.952. The van der Waals surface area contributed by atoms with Gasteiger partial charge in [-0.3, -0.25) is 4.79 Å². The van der Waals surface area contributed by atoms with Gasteiger partial charge in [0.15, 0.2) is 0 Å². The van der Waals surface area contributed by atoms with E-state index in [1.807, 2.05) is 31.2 Å². The van der Waals surface area contributed by atoms with Gasteiger partial charge < -0.3 is 15.2 Å². The third kappa shape index (κ3) is 6.89. The number of rotatable bonds is 9. The van der Waals surface area contributed by atoms with E-state index >= 15 is 0 Å². The largest absolute Gasteiger partial charge is 0.494 e. The van der Waals surface area contributed by atoms with Gasteiger partial charge in [-0.15, -0.1) is 0 Å². The van der Waals surface area contributed by atoms with Crippen molar-refractivity contribution < 1.29 is 19.4 Å². The summed E-state index contributed by atoms with van der Waals surface area (Å²) in [6.45, 7) is 2.53. The maximum absolute atomic E-state index is 11.8. The van der Waals surface area contributed by atoms with E-state index in [4.69, 9.17) is 9.84 Å². The molecule has 6 heteroatoms. The number of aromatic carboxylic acids is 1. The molecule has 2 rings (SSSR count). The second-order valence-corrected chi connectivity index (χ2v) is 6.60. The van der Waals surface area contributed by atoms with E-state index in [1.54, 1.807) is 23.9 Å². The molecular weight excluding hydrogens is 338 g/mol. The minimum absolute atomic E-state index is 0.0148. The number of carbonyl (C=O) groups is 2. The molecular formula is C19H21NO4S. The monoisotopic (exact) mass is 359 g/mol. The molecule has 0 aromatic heterocycles. The summed E-state index contributed by atoms with van der Waals surface area (Å²) in [5.74, 6) is 0.897. The first-order chi connectivity index (χ1) is 12.0. The lowest BCUT2D eigenvalue weighted by Gasteiger charge is -2.07. The third-order valence-electron chi connectivity index (χ3n) is 3.37. The van der Waals surface area contributed by atoms with Crippen molar-refractivity contribution in [2.45, 2.75) is 13.3 Å². The average molecular weight is 359 g/mol. The second-order valence-electron chi connectivity index (χ2n) is 5.50. The fourth-order valence-corrected chi connectivity index (χ4v) is 2.77. The Morgan fingerprint density at radius 3 is 2.40 bits per heavy atom. The molecule has 0 radical (unpaired) electrons. The van der Waals surface area contributed by atoms with Crippen LogP contribution in [-0.2, 0) is 4.79 Å². The molecule has 0 aliphatic rings. The van der Waals surface area contributed by atoms with Crippen molar-refractivity contribution in [1.82, 2.24) is 0 Å². The van der Waals surface area contributed by atoms with E-state index in [2.05, 4.69) is 5.32 Å². The van der Waals surface area contributed by atoms with Crippen molar-refractivity contribution in [2.24, 2.45) is 0 Å². The Bertz CT molecular complexity index is 698. The predicted molar refractivity (Wildman–Crippen MR) is 101 cm³/mol. The number of hydrogen-bond donors (Lipinski definition) is 2. The molecule has 0 atom stereocenters. The molecule has 25 heavy (non-hydrogen) atoms. The lowest BCUT2D eigenvalue weighted by atomic mass is 10.2. The number of amides is 1. The van der Waals surface area contributed by atoms with Crippen LogP contribution in [0.15, 0.2) is 48.5 Å². The Morgan fingerprint density at radius 2 is 1.76 bits per heavy atom. The number of nitrogens with one attached hydrogen (secondary N) is 1. The zero-order chi connectivity index (χ0) is 18.1. The van der Waals surface area contributed by atoms with Crippen LogP contribution in [0.25, 0.3) is 0 Å². The molecule has 0 saturated carbocycles. The van der Waals surface area contributed by atoms with Crippen LogP contribution in [0.4, 0.5) is 5.69 Å². The normalized spacial score (nSPS) is 10.3. The van der Waals surface area contributed by atoms with Gasteiger partial charge >= 0.3 is 5.97 Å². The molecule has 2 aromatic carbocycles. The summed E-state index contributed by atoms with van der Waals surface area (Å²) in [6, 6.07) is 14.0. The van der Waals surface area contributed by atoms with Gasteiger partial charge in [-0.2, -0.15) is 11.8 Å². The zero-order valence-electron chi connectivity index (χ0n) is 14.0. The van der Waals surface area contributed by atoms with Crippen molar-refractivity contribution in [1.29, 1.82) is 0 Å². The fourth-order valence-electron chi connectivity index (χ4n) is 2.04. The lowest BCUT2D eigenvalue weighted by molar-refractivity contribution is -0.113. The maximum Gasteiger partial charge on any atom is 0.335 e. The van der Waals surface area contributed by atoms with E-state index < -0.39 is 5.97 Å². The number of thioether (sulfide) groups is 1. The first-order valence-electron chi connectivity index (χ1n) is 7.95.